The van der Waals surface area contributed by atoms with Crippen LogP contribution in [0.3, 0.4) is 0 Å². The van der Waals surface area contributed by atoms with Crippen molar-refractivity contribution in [2.24, 2.45) is 18.9 Å². The third-order valence-electron chi connectivity index (χ3n) is 6.16. The van der Waals surface area contributed by atoms with Crippen molar-refractivity contribution in [1.29, 1.82) is 0 Å². The maximum Gasteiger partial charge on any atom is 0.276 e. The average Bonchev–Trinajstić information content (AvgIpc) is 3.32. The van der Waals surface area contributed by atoms with Gasteiger partial charge in [0.1, 0.15) is 0 Å². The van der Waals surface area contributed by atoms with Crippen LogP contribution in [0.15, 0.2) is 16.8 Å². The Morgan fingerprint density at radius 2 is 2.10 bits per heavy atom. The molecule has 0 spiro atoms. The average molecular weight is 399 g/mol. The SMILES string of the molecule is Cc1c(-c2cc(C(=O)N3CCC(=O)N(CC4CC4)[C@H](C(C)C)C3)no2)cnn1C. The normalized spacial score (nSPS) is 20.4. The van der Waals surface area contributed by atoms with Gasteiger partial charge in [0, 0.05) is 44.9 Å². The van der Waals surface area contributed by atoms with E-state index in [-0.39, 0.29) is 29.5 Å². The highest BCUT2D eigenvalue weighted by atomic mass is 16.5. The fraction of sp³-hybridized carbons (Fsp3) is 0.619. The molecule has 8 heteroatoms. The Morgan fingerprint density at radius 1 is 1.34 bits per heavy atom. The largest absolute Gasteiger partial charge is 0.355 e. The standard InChI is InChI=1S/C21H29N5O3/c1-13(2)18-12-25(8-7-20(27)26(18)11-15-5-6-15)21(28)17-9-19(29-23-17)16-10-22-24(4)14(16)3/h9-10,13,15,18H,5-8,11-12H2,1-4H3/t18-/m0/s1. The van der Waals surface area contributed by atoms with Crippen LogP contribution in [-0.2, 0) is 11.8 Å². The molecule has 29 heavy (non-hydrogen) atoms. The van der Waals surface area contributed by atoms with Crippen LogP contribution >= 0.6 is 0 Å². The van der Waals surface area contributed by atoms with Crippen molar-refractivity contribution in [3.8, 4) is 11.3 Å². The van der Waals surface area contributed by atoms with E-state index in [2.05, 4.69) is 24.1 Å². The number of amides is 2. The van der Waals surface area contributed by atoms with E-state index in [0.29, 0.717) is 31.2 Å². The molecule has 1 aliphatic carbocycles. The summed E-state index contributed by atoms with van der Waals surface area (Å²) in [6, 6.07) is 1.70. The maximum absolute atomic E-state index is 13.2. The van der Waals surface area contributed by atoms with Gasteiger partial charge in [0.15, 0.2) is 11.5 Å². The van der Waals surface area contributed by atoms with Gasteiger partial charge in [-0.05, 0) is 31.6 Å². The first-order valence-electron chi connectivity index (χ1n) is 10.4. The number of carbonyl (C=O) groups is 2. The predicted molar refractivity (Wildman–Crippen MR) is 107 cm³/mol. The second-order valence-corrected chi connectivity index (χ2v) is 8.65. The van der Waals surface area contributed by atoms with Gasteiger partial charge in [0.05, 0.1) is 17.8 Å². The summed E-state index contributed by atoms with van der Waals surface area (Å²) < 4.78 is 7.19. The van der Waals surface area contributed by atoms with Crippen LogP contribution in [0.2, 0.25) is 0 Å². The minimum absolute atomic E-state index is 0.0292. The van der Waals surface area contributed by atoms with Crippen molar-refractivity contribution in [2.45, 2.75) is 46.1 Å². The summed E-state index contributed by atoms with van der Waals surface area (Å²) in [7, 11) is 1.86. The molecule has 4 rings (SSSR count). The summed E-state index contributed by atoms with van der Waals surface area (Å²) in [6.07, 6.45) is 4.47. The minimum atomic E-state index is -0.187. The lowest BCUT2D eigenvalue weighted by molar-refractivity contribution is -0.133. The molecule has 1 saturated heterocycles. The second kappa shape index (κ2) is 7.65. The van der Waals surface area contributed by atoms with Gasteiger partial charge in [0.25, 0.3) is 5.91 Å². The van der Waals surface area contributed by atoms with Gasteiger partial charge in [-0.2, -0.15) is 5.10 Å². The van der Waals surface area contributed by atoms with E-state index in [0.717, 1.165) is 17.8 Å². The molecule has 156 valence electrons. The van der Waals surface area contributed by atoms with Crippen LogP contribution in [-0.4, -0.2) is 62.2 Å². The van der Waals surface area contributed by atoms with Gasteiger partial charge in [-0.15, -0.1) is 0 Å². The Kier molecular flexibility index (Phi) is 5.19. The van der Waals surface area contributed by atoms with E-state index >= 15 is 0 Å². The van der Waals surface area contributed by atoms with Gasteiger partial charge in [-0.25, -0.2) is 0 Å². The van der Waals surface area contributed by atoms with Crippen molar-refractivity contribution < 1.29 is 14.1 Å². The molecule has 0 aromatic carbocycles. The zero-order valence-corrected chi connectivity index (χ0v) is 17.6. The van der Waals surface area contributed by atoms with Crippen molar-refractivity contribution in [3.63, 3.8) is 0 Å². The number of aryl methyl sites for hydroxylation is 1. The maximum atomic E-state index is 13.2. The van der Waals surface area contributed by atoms with Crippen LogP contribution in [0.1, 0.15) is 49.3 Å². The summed E-state index contributed by atoms with van der Waals surface area (Å²) in [4.78, 5) is 29.7. The van der Waals surface area contributed by atoms with Gasteiger partial charge >= 0.3 is 0 Å². The zero-order valence-electron chi connectivity index (χ0n) is 17.6. The molecule has 0 unspecified atom stereocenters. The topological polar surface area (TPSA) is 84.5 Å². The first-order valence-corrected chi connectivity index (χ1v) is 10.4. The first kappa shape index (κ1) is 19.7. The number of hydrogen-bond acceptors (Lipinski definition) is 5. The third-order valence-corrected chi connectivity index (χ3v) is 6.16. The highest BCUT2D eigenvalue weighted by molar-refractivity contribution is 5.93. The van der Waals surface area contributed by atoms with E-state index in [1.807, 2.05) is 18.9 Å². The molecule has 2 aromatic heterocycles. The molecule has 1 atom stereocenters. The highest BCUT2D eigenvalue weighted by Crippen LogP contribution is 2.32. The van der Waals surface area contributed by atoms with Crippen LogP contribution < -0.4 is 0 Å². The molecule has 0 bridgehead atoms. The number of hydrogen-bond donors (Lipinski definition) is 0. The molecule has 0 radical (unpaired) electrons. The van der Waals surface area contributed by atoms with Crippen molar-refractivity contribution in [2.75, 3.05) is 19.6 Å². The molecule has 2 fully saturated rings. The van der Waals surface area contributed by atoms with Crippen molar-refractivity contribution in [3.05, 3.63) is 23.7 Å². The number of rotatable bonds is 5. The van der Waals surface area contributed by atoms with Crippen molar-refractivity contribution >= 4 is 11.8 Å². The van der Waals surface area contributed by atoms with E-state index < -0.39 is 0 Å². The molecule has 2 aromatic rings. The molecule has 3 heterocycles. The summed E-state index contributed by atoms with van der Waals surface area (Å²) in [5.74, 6) is 1.40. The number of aromatic nitrogens is 3. The quantitative estimate of drug-likeness (QED) is 0.771. The highest BCUT2D eigenvalue weighted by Gasteiger charge is 2.37. The van der Waals surface area contributed by atoms with E-state index in [1.54, 1.807) is 21.8 Å². The molecule has 8 nitrogen and oxygen atoms in total. The van der Waals surface area contributed by atoms with Crippen LogP contribution in [0.4, 0.5) is 0 Å². The second-order valence-electron chi connectivity index (χ2n) is 8.65. The molecule has 0 N–H and O–H groups in total. The number of nitrogens with zero attached hydrogens (tertiary/aromatic N) is 5. The summed E-state index contributed by atoms with van der Waals surface area (Å²) in [5.41, 5.74) is 2.03. The lowest BCUT2D eigenvalue weighted by atomic mass is 10.0. The molecular formula is C21H29N5O3. The fourth-order valence-electron chi connectivity index (χ4n) is 3.95. The van der Waals surface area contributed by atoms with Gasteiger partial charge in [0.2, 0.25) is 5.91 Å². The Labute approximate surface area is 170 Å². The minimum Gasteiger partial charge on any atom is -0.355 e. The predicted octanol–water partition coefficient (Wildman–Crippen LogP) is 2.49. The van der Waals surface area contributed by atoms with E-state index in [1.165, 1.54) is 12.8 Å². The molecule has 1 saturated carbocycles. The Bertz CT molecular complexity index is 911. The van der Waals surface area contributed by atoms with Gasteiger partial charge in [-0.3, -0.25) is 14.3 Å². The molecule has 1 aliphatic heterocycles. The first-order chi connectivity index (χ1) is 13.8. The molecule has 2 aliphatic rings. The van der Waals surface area contributed by atoms with E-state index in [4.69, 9.17) is 4.52 Å². The van der Waals surface area contributed by atoms with Gasteiger partial charge in [-0.1, -0.05) is 19.0 Å². The molecular weight excluding hydrogens is 370 g/mol. The summed E-state index contributed by atoms with van der Waals surface area (Å²) >= 11 is 0. The van der Waals surface area contributed by atoms with E-state index in [9.17, 15) is 9.59 Å². The Hall–Kier alpha value is -2.64. The summed E-state index contributed by atoms with van der Waals surface area (Å²) in [5, 5.41) is 8.23. The lowest BCUT2D eigenvalue weighted by Gasteiger charge is -2.34. The van der Waals surface area contributed by atoms with Crippen LogP contribution in [0.5, 0.6) is 0 Å². The van der Waals surface area contributed by atoms with Crippen LogP contribution in [0.25, 0.3) is 11.3 Å². The Morgan fingerprint density at radius 3 is 2.72 bits per heavy atom. The fourth-order valence-corrected chi connectivity index (χ4v) is 3.95. The number of carbonyl (C=O) groups excluding carboxylic acids is 2. The van der Waals surface area contributed by atoms with Gasteiger partial charge < -0.3 is 14.3 Å². The third kappa shape index (κ3) is 3.93. The lowest BCUT2D eigenvalue weighted by Crippen LogP contribution is -2.48. The smallest absolute Gasteiger partial charge is 0.276 e. The van der Waals surface area contributed by atoms with Crippen LogP contribution in [0, 0.1) is 18.8 Å². The zero-order chi connectivity index (χ0) is 20.7. The Balaban J connectivity index is 1.53. The summed E-state index contributed by atoms with van der Waals surface area (Å²) in [6.45, 7) is 7.93. The van der Waals surface area contributed by atoms with Crippen molar-refractivity contribution in [1.82, 2.24) is 24.7 Å². The monoisotopic (exact) mass is 399 g/mol. The molecule has 2 amide bonds.